The number of amides is 2. The van der Waals surface area contributed by atoms with Crippen molar-refractivity contribution in [2.75, 3.05) is 17.8 Å². The van der Waals surface area contributed by atoms with E-state index in [-0.39, 0.29) is 16.8 Å². The Morgan fingerprint density at radius 3 is 2.88 bits per heavy atom. The van der Waals surface area contributed by atoms with Gasteiger partial charge in [0.15, 0.2) is 0 Å². The van der Waals surface area contributed by atoms with Crippen LogP contribution in [-0.4, -0.2) is 38.8 Å². The zero-order valence-corrected chi connectivity index (χ0v) is 18.7. The van der Waals surface area contributed by atoms with Crippen LogP contribution in [0.4, 0.5) is 15.9 Å². The topological polar surface area (TPSA) is 112 Å². The second-order valence-corrected chi connectivity index (χ2v) is 8.64. The van der Waals surface area contributed by atoms with Gasteiger partial charge in [-0.15, -0.1) is 11.3 Å². The molecule has 12 heteroatoms. The van der Waals surface area contributed by atoms with E-state index in [4.69, 9.17) is 11.6 Å². The van der Waals surface area contributed by atoms with Gasteiger partial charge in [-0.1, -0.05) is 17.7 Å². The number of nitrogens with zero attached hydrogens (tertiary/aromatic N) is 4. The Morgan fingerprint density at radius 2 is 2.12 bits per heavy atom. The maximum absolute atomic E-state index is 12.8. The molecule has 0 saturated carbocycles. The number of thiazole rings is 1. The van der Waals surface area contributed by atoms with Crippen molar-refractivity contribution < 1.29 is 14.0 Å². The molecule has 0 bridgehead atoms. The number of anilines is 2. The second kappa shape index (κ2) is 9.15. The molecule has 0 radical (unpaired) electrons. The molecule has 0 saturated heterocycles. The Hall–Kier alpha value is -3.15. The molecule has 1 atom stereocenters. The van der Waals surface area contributed by atoms with Crippen molar-refractivity contribution in [3.8, 4) is 0 Å². The summed E-state index contributed by atoms with van der Waals surface area (Å²) in [5.41, 5.74) is 4.86. The van der Waals surface area contributed by atoms with Crippen LogP contribution >= 0.6 is 22.9 Å². The summed E-state index contributed by atoms with van der Waals surface area (Å²) in [6.07, 6.45) is 2.78. The molecule has 166 valence electrons. The molecule has 4 rings (SSSR count). The van der Waals surface area contributed by atoms with Gasteiger partial charge in [-0.3, -0.25) is 9.59 Å². The van der Waals surface area contributed by atoms with E-state index in [9.17, 15) is 14.0 Å². The minimum absolute atomic E-state index is 0.240. The zero-order valence-electron chi connectivity index (χ0n) is 17.1. The molecular formula is C20H19ClFN7O2S. The number of nitrogens with one attached hydrogen (secondary N) is 3. The summed E-state index contributed by atoms with van der Waals surface area (Å²) in [6.45, 7) is 1.60. The zero-order chi connectivity index (χ0) is 22.8. The molecule has 3 aromatic rings. The molecule has 2 amide bonds. The van der Waals surface area contributed by atoms with Crippen LogP contribution in [0.15, 0.2) is 30.7 Å². The number of halogens is 2. The number of carbonyl (C=O) groups excluding carboxylic acids is 2. The van der Waals surface area contributed by atoms with Crippen LogP contribution in [0.5, 0.6) is 0 Å². The fraction of sp³-hybridized carbons (Fsp3) is 0.250. The Morgan fingerprint density at radius 1 is 1.31 bits per heavy atom. The summed E-state index contributed by atoms with van der Waals surface area (Å²) >= 11 is 7.15. The molecule has 1 aliphatic heterocycles. The van der Waals surface area contributed by atoms with Crippen LogP contribution in [0.3, 0.4) is 0 Å². The van der Waals surface area contributed by atoms with Crippen LogP contribution in [0, 0.1) is 0 Å². The first-order valence-corrected chi connectivity index (χ1v) is 10.8. The number of hydrogen-bond acceptors (Lipinski definition) is 8. The molecule has 0 aliphatic carbocycles. The number of aromatic nitrogens is 3. The van der Waals surface area contributed by atoms with Gasteiger partial charge >= 0.3 is 0 Å². The van der Waals surface area contributed by atoms with Crippen molar-refractivity contribution in [2.45, 2.75) is 26.2 Å². The quantitative estimate of drug-likeness (QED) is 0.499. The lowest BCUT2D eigenvalue weighted by molar-refractivity contribution is 0.0932. The molecule has 2 aromatic heterocycles. The van der Waals surface area contributed by atoms with Gasteiger partial charge in [-0.25, -0.2) is 24.4 Å². The molecule has 3 heterocycles. The average Bonchev–Trinajstić information content (AvgIpc) is 3.39. The average molecular weight is 476 g/mol. The van der Waals surface area contributed by atoms with Gasteiger partial charge in [-0.05, 0) is 19.1 Å². The molecule has 3 N–H and O–H groups in total. The highest BCUT2D eigenvalue weighted by molar-refractivity contribution is 7.13. The first-order chi connectivity index (χ1) is 15.4. The highest BCUT2D eigenvalue weighted by Crippen LogP contribution is 2.26. The number of hydrogen-bond donors (Lipinski definition) is 3. The number of hydrazine groups is 1. The molecule has 0 fully saturated rings. The fourth-order valence-corrected chi connectivity index (χ4v) is 4.20. The normalized spacial score (nSPS) is 13.9. The van der Waals surface area contributed by atoms with Gasteiger partial charge in [0, 0.05) is 35.4 Å². The third-order valence-corrected chi connectivity index (χ3v) is 6.30. The van der Waals surface area contributed by atoms with Crippen LogP contribution in [0.25, 0.3) is 0 Å². The van der Waals surface area contributed by atoms with Crippen LogP contribution in [0.2, 0.25) is 5.02 Å². The summed E-state index contributed by atoms with van der Waals surface area (Å²) in [6, 6.07) is 4.15. The maximum atomic E-state index is 12.8. The van der Waals surface area contributed by atoms with Gasteiger partial charge in [0.25, 0.3) is 11.8 Å². The Bertz CT molecular complexity index is 1190. The number of rotatable bonds is 6. The second-order valence-electron chi connectivity index (χ2n) is 7.17. The van der Waals surface area contributed by atoms with E-state index in [1.807, 2.05) is 12.1 Å². The van der Waals surface area contributed by atoms with E-state index in [0.717, 1.165) is 16.9 Å². The lowest BCUT2D eigenvalue weighted by Crippen LogP contribution is -2.28. The maximum Gasteiger partial charge on any atom is 0.270 e. The summed E-state index contributed by atoms with van der Waals surface area (Å²) in [5, 5.41) is 8.19. The molecule has 1 aromatic carbocycles. The molecule has 1 unspecified atom stereocenters. The lowest BCUT2D eigenvalue weighted by Gasteiger charge is -2.12. The van der Waals surface area contributed by atoms with E-state index in [0.29, 0.717) is 39.2 Å². The van der Waals surface area contributed by atoms with Crippen molar-refractivity contribution in [1.82, 2.24) is 25.3 Å². The molecule has 32 heavy (non-hydrogen) atoms. The highest BCUT2D eigenvalue weighted by atomic mass is 35.5. The van der Waals surface area contributed by atoms with E-state index >= 15 is 0 Å². The van der Waals surface area contributed by atoms with E-state index in [2.05, 4.69) is 31.0 Å². The van der Waals surface area contributed by atoms with Gasteiger partial charge in [-0.2, -0.15) is 0 Å². The summed E-state index contributed by atoms with van der Waals surface area (Å²) in [5.74, 6) is -0.121. The van der Waals surface area contributed by atoms with Crippen molar-refractivity contribution in [3.63, 3.8) is 0 Å². The van der Waals surface area contributed by atoms with Crippen LogP contribution in [-0.2, 0) is 13.2 Å². The predicted molar refractivity (Wildman–Crippen MR) is 119 cm³/mol. The number of benzene rings is 1. The van der Waals surface area contributed by atoms with Crippen molar-refractivity contribution >= 4 is 46.3 Å². The van der Waals surface area contributed by atoms with E-state index in [1.54, 1.807) is 13.0 Å². The molecule has 0 spiro atoms. The first kappa shape index (κ1) is 22.1. The Labute approximate surface area is 192 Å². The summed E-state index contributed by atoms with van der Waals surface area (Å²) in [4.78, 5) is 38.2. The smallest absolute Gasteiger partial charge is 0.270 e. The summed E-state index contributed by atoms with van der Waals surface area (Å²) < 4.78 is 12.8. The SMILES string of the molecule is CC(NC(=O)c1ncnc2c1CN(C)N2)c1ncc(C(=O)Nc2ccc(CF)c(Cl)c2)s1. The number of carbonyl (C=O) groups is 2. The number of fused-ring (bicyclic) bond motifs is 1. The Kier molecular flexibility index (Phi) is 6.31. The molecular weight excluding hydrogens is 457 g/mol. The lowest BCUT2D eigenvalue weighted by atomic mass is 10.2. The van der Waals surface area contributed by atoms with E-state index in [1.165, 1.54) is 24.7 Å². The fourth-order valence-electron chi connectivity index (χ4n) is 3.16. The standard InChI is InChI=1S/C20H19ClFN7O2S/c1-10(26-19(31)16-13-8-29(2)28-17(13)25-9-24-16)20-23-7-15(32-20)18(30)27-12-4-3-11(6-22)14(21)5-12/h3-5,7,9-10H,6,8H2,1-2H3,(H,26,31)(H,27,30)(H,24,25,28). The van der Waals surface area contributed by atoms with Crippen LogP contribution < -0.4 is 16.1 Å². The first-order valence-electron chi connectivity index (χ1n) is 9.59. The molecule has 1 aliphatic rings. The van der Waals surface area contributed by atoms with Gasteiger partial charge in [0.05, 0.1) is 12.2 Å². The van der Waals surface area contributed by atoms with Crippen molar-refractivity contribution in [2.24, 2.45) is 0 Å². The van der Waals surface area contributed by atoms with Gasteiger partial charge in [0.2, 0.25) is 0 Å². The van der Waals surface area contributed by atoms with Crippen molar-refractivity contribution in [1.29, 1.82) is 0 Å². The number of alkyl halides is 1. The largest absolute Gasteiger partial charge is 0.342 e. The molecule has 9 nitrogen and oxygen atoms in total. The minimum Gasteiger partial charge on any atom is -0.342 e. The minimum atomic E-state index is -0.681. The van der Waals surface area contributed by atoms with Gasteiger partial charge in [0.1, 0.15) is 34.4 Å². The van der Waals surface area contributed by atoms with Crippen molar-refractivity contribution in [3.05, 3.63) is 62.5 Å². The highest BCUT2D eigenvalue weighted by Gasteiger charge is 2.26. The monoisotopic (exact) mass is 475 g/mol. The Balaban J connectivity index is 1.42. The van der Waals surface area contributed by atoms with Crippen LogP contribution in [0.1, 0.15) is 49.3 Å². The van der Waals surface area contributed by atoms with Gasteiger partial charge < -0.3 is 16.1 Å². The third-order valence-electron chi connectivity index (χ3n) is 4.77. The third kappa shape index (κ3) is 4.54. The summed E-state index contributed by atoms with van der Waals surface area (Å²) in [7, 11) is 1.84. The van der Waals surface area contributed by atoms with E-state index < -0.39 is 12.7 Å². The predicted octanol–water partition coefficient (Wildman–Crippen LogP) is 3.57.